The maximum Gasteiger partial charge on any atom is 0.177 e. The molecule has 1 N–H and O–H groups in total. The molecule has 0 aliphatic heterocycles. The summed E-state index contributed by atoms with van der Waals surface area (Å²) < 4.78 is 2.12. The highest BCUT2D eigenvalue weighted by molar-refractivity contribution is 6.34. The molecule has 0 amide bonds. The lowest BCUT2D eigenvalue weighted by Gasteiger charge is -2.12. The van der Waals surface area contributed by atoms with Crippen molar-refractivity contribution >= 4 is 33.8 Å². The van der Waals surface area contributed by atoms with Crippen LogP contribution in [0.25, 0.3) is 22.2 Å². The van der Waals surface area contributed by atoms with Gasteiger partial charge in [0.2, 0.25) is 0 Å². The Morgan fingerprint density at radius 2 is 2.12 bits per heavy atom. The molecule has 9 nitrogen and oxygen atoms in total. The largest absolute Gasteiger partial charge is 0.340 e. The van der Waals surface area contributed by atoms with Gasteiger partial charge in [-0.3, -0.25) is 0 Å². The topological polar surface area (TPSA) is 103 Å². The second kappa shape index (κ2) is 5.22. The minimum Gasteiger partial charge on any atom is -0.340 e. The number of pyridine rings is 1. The van der Waals surface area contributed by atoms with Crippen molar-refractivity contribution in [3.63, 3.8) is 0 Å². The first-order valence-corrected chi connectivity index (χ1v) is 8.60. The number of nitrogens with one attached hydrogen (secondary N) is 1. The number of fused-ring (bicyclic) bond motifs is 3. The first-order valence-electron chi connectivity index (χ1n) is 8.22. The third kappa shape index (κ3) is 2.22. The summed E-state index contributed by atoms with van der Waals surface area (Å²) in [5.41, 5.74) is 3.11. The smallest absolute Gasteiger partial charge is 0.177 e. The molecule has 1 aliphatic carbocycles. The number of aromatic amines is 1. The Labute approximate surface area is 147 Å². The van der Waals surface area contributed by atoms with Crippen LogP contribution in [0, 0.1) is 6.92 Å². The van der Waals surface area contributed by atoms with Gasteiger partial charge in [-0.1, -0.05) is 11.6 Å². The van der Waals surface area contributed by atoms with Crippen LogP contribution in [0.2, 0.25) is 5.15 Å². The fraction of sp³-hybridized carbons (Fsp3) is 0.467. The second-order valence-electron chi connectivity index (χ2n) is 6.57. The zero-order chi connectivity index (χ0) is 17.1. The van der Waals surface area contributed by atoms with E-state index >= 15 is 0 Å². The van der Waals surface area contributed by atoms with Gasteiger partial charge in [0.1, 0.15) is 16.9 Å². The summed E-state index contributed by atoms with van der Waals surface area (Å²) in [6, 6.07) is 0.295. The predicted molar refractivity (Wildman–Crippen MR) is 91.4 cm³/mol. The fourth-order valence-corrected chi connectivity index (χ4v) is 3.99. The molecule has 0 spiro atoms. The van der Waals surface area contributed by atoms with E-state index in [9.17, 15) is 0 Å². The first kappa shape index (κ1) is 14.8. The summed E-state index contributed by atoms with van der Waals surface area (Å²) >= 11 is 6.35. The Hall–Kier alpha value is -2.55. The van der Waals surface area contributed by atoms with Crippen molar-refractivity contribution in [1.29, 1.82) is 0 Å². The molecule has 0 radical (unpaired) electrons. The molecule has 1 unspecified atom stereocenters. The zero-order valence-electron chi connectivity index (χ0n) is 13.8. The number of aryl methyl sites for hydroxylation is 2. The van der Waals surface area contributed by atoms with E-state index in [4.69, 9.17) is 11.6 Å². The van der Waals surface area contributed by atoms with E-state index in [2.05, 4.69) is 39.9 Å². The number of rotatable bonds is 2. The Morgan fingerprint density at radius 3 is 2.92 bits per heavy atom. The Balaban J connectivity index is 1.55. The fourth-order valence-electron chi connectivity index (χ4n) is 3.77. The number of imidazole rings is 2. The van der Waals surface area contributed by atoms with E-state index in [0.717, 1.165) is 47.6 Å². The number of halogens is 1. The summed E-state index contributed by atoms with van der Waals surface area (Å²) in [4.78, 5) is 18.3. The van der Waals surface area contributed by atoms with Crippen molar-refractivity contribution < 1.29 is 0 Å². The van der Waals surface area contributed by atoms with Crippen LogP contribution >= 0.6 is 11.6 Å². The summed E-state index contributed by atoms with van der Waals surface area (Å²) in [5, 5.41) is 12.9. The van der Waals surface area contributed by atoms with Gasteiger partial charge >= 0.3 is 0 Å². The maximum atomic E-state index is 6.35. The second-order valence-corrected chi connectivity index (χ2v) is 6.93. The molecule has 1 saturated carbocycles. The van der Waals surface area contributed by atoms with Crippen molar-refractivity contribution in [2.45, 2.75) is 38.1 Å². The van der Waals surface area contributed by atoms with Crippen LogP contribution in [0.15, 0.2) is 6.33 Å². The molecule has 0 aromatic carbocycles. The maximum absolute atomic E-state index is 6.35. The minimum absolute atomic E-state index is 0.295. The Kier molecular flexibility index (Phi) is 3.08. The number of hydrogen-bond donors (Lipinski definition) is 1. The molecule has 4 aromatic heterocycles. The van der Waals surface area contributed by atoms with Crippen molar-refractivity contribution in [2.24, 2.45) is 7.05 Å². The molecule has 10 heteroatoms. The third-order valence-corrected chi connectivity index (χ3v) is 5.18. The first-order chi connectivity index (χ1) is 12.1. The lowest BCUT2D eigenvalue weighted by atomic mass is 10.1. The number of hydrogen-bond acceptors (Lipinski definition) is 6. The van der Waals surface area contributed by atoms with E-state index in [-0.39, 0.29) is 0 Å². The van der Waals surface area contributed by atoms with E-state index in [0.29, 0.717) is 22.6 Å². The van der Waals surface area contributed by atoms with Gasteiger partial charge in [0.05, 0.1) is 18.9 Å². The van der Waals surface area contributed by atoms with Crippen LogP contribution in [-0.2, 0) is 7.05 Å². The summed E-state index contributed by atoms with van der Waals surface area (Å²) in [5.74, 6) is 1.92. The van der Waals surface area contributed by atoms with Crippen LogP contribution < -0.4 is 0 Å². The molecule has 25 heavy (non-hydrogen) atoms. The van der Waals surface area contributed by atoms with E-state index in [1.165, 1.54) is 4.80 Å². The van der Waals surface area contributed by atoms with Crippen molar-refractivity contribution in [3.05, 3.63) is 23.1 Å². The summed E-state index contributed by atoms with van der Waals surface area (Å²) in [6.07, 6.45) is 4.83. The molecule has 0 bridgehead atoms. The number of aromatic nitrogens is 9. The molecule has 1 aliphatic rings. The lowest BCUT2D eigenvalue weighted by Crippen LogP contribution is -2.06. The highest BCUT2D eigenvalue weighted by Gasteiger charge is 2.31. The Bertz CT molecular complexity index is 1090. The standard InChI is InChI=1S/C15H16ClN9/c1-7-18-10-11(19-7)13(16)20-15-12(10)17-6-25(15)9-4-3-8(5-9)14-21-23-24(2)22-14/h6,8-9H,3-5H2,1-2H3,(H,18,19)/t8-,9?/m1/s1. The van der Waals surface area contributed by atoms with Crippen LogP contribution in [-0.4, -0.2) is 44.7 Å². The van der Waals surface area contributed by atoms with Gasteiger partial charge in [-0.15, -0.1) is 10.2 Å². The zero-order valence-corrected chi connectivity index (χ0v) is 14.6. The highest BCUT2D eigenvalue weighted by Crippen LogP contribution is 2.41. The van der Waals surface area contributed by atoms with Gasteiger partial charge in [-0.2, -0.15) is 4.80 Å². The van der Waals surface area contributed by atoms with Crippen LogP contribution in [0.1, 0.15) is 42.9 Å². The van der Waals surface area contributed by atoms with Gasteiger partial charge < -0.3 is 9.55 Å². The van der Waals surface area contributed by atoms with E-state index in [1.807, 2.05) is 13.3 Å². The van der Waals surface area contributed by atoms with Gasteiger partial charge in [0.25, 0.3) is 0 Å². The molecular formula is C15H16ClN9. The lowest BCUT2D eigenvalue weighted by molar-refractivity contribution is 0.515. The normalized spacial score (nSPS) is 20.9. The van der Waals surface area contributed by atoms with Crippen LogP contribution in [0.3, 0.4) is 0 Å². The van der Waals surface area contributed by atoms with Gasteiger partial charge in [0.15, 0.2) is 16.6 Å². The SMILES string of the molecule is Cc1nc2c(Cl)nc3c(ncn3C3CC[C@@H](c4nnn(C)n4)C3)c2[nH]1. The molecule has 128 valence electrons. The average Bonchev–Trinajstić information content (AvgIpc) is 3.31. The van der Waals surface area contributed by atoms with Crippen LogP contribution in [0.5, 0.6) is 0 Å². The molecule has 4 aromatic rings. The van der Waals surface area contributed by atoms with Crippen LogP contribution in [0.4, 0.5) is 0 Å². The number of nitrogens with zero attached hydrogens (tertiary/aromatic N) is 8. The average molecular weight is 358 g/mol. The molecule has 1 fully saturated rings. The van der Waals surface area contributed by atoms with Crippen molar-refractivity contribution in [2.75, 3.05) is 0 Å². The molecule has 5 rings (SSSR count). The summed E-state index contributed by atoms with van der Waals surface area (Å²) in [6.45, 7) is 1.90. The van der Waals surface area contributed by atoms with E-state index in [1.54, 1.807) is 7.05 Å². The molecule has 0 saturated heterocycles. The van der Waals surface area contributed by atoms with Crippen molar-refractivity contribution in [1.82, 2.24) is 44.7 Å². The number of H-pyrrole nitrogens is 1. The molecule has 2 atom stereocenters. The minimum atomic E-state index is 0.295. The van der Waals surface area contributed by atoms with Gasteiger partial charge in [0, 0.05) is 12.0 Å². The molecular weight excluding hydrogens is 342 g/mol. The third-order valence-electron chi connectivity index (χ3n) is 4.91. The van der Waals surface area contributed by atoms with Crippen molar-refractivity contribution in [3.8, 4) is 0 Å². The predicted octanol–water partition coefficient (Wildman–Crippen LogP) is 2.30. The summed E-state index contributed by atoms with van der Waals surface area (Å²) in [7, 11) is 1.79. The molecule has 4 heterocycles. The highest BCUT2D eigenvalue weighted by atomic mass is 35.5. The number of tetrazole rings is 1. The monoisotopic (exact) mass is 357 g/mol. The van der Waals surface area contributed by atoms with Gasteiger partial charge in [-0.25, -0.2) is 15.0 Å². The van der Waals surface area contributed by atoms with Gasteiger partial charge in [-0.05, 0) is 31.4 Å². The Morgan fingerprint density at radius 1 is 1.24 bits per heavy atom. The quantitative estimate of drug-likeness (QED) is 0.552. The van der Waals surface area contributed by atoms with E-state index < -0.39 is 0 Å².